The number of nitrogens with zero attached hydrogens (tertiary/aromatic N) is 2. The maximum atomic E-state index is 12.0. The molecule has 0 saturated carbocycles. The zero-order valence-corrected chi connectivity index (χ0v) is 11.3. The molecule has 114 valence electrons. The first-order valence-corrected chi connectivity index (χ1v) is 6.34. The van der Waals surface area contributed by atoms with E-state index in [1.807, 2.05) is 0 Å². The van der Waals surface area contributed by atoms with Crippen molar-refractivity contribution in [2.75, 3.05) is 19.8 Å². The van der Waals surface area contributed by atoms with E-state index in [1.165, 1.54) is 6.07 Å². The van der Waals surface area contributed by atoms with Crippen LogP contribution in [0.3, 0.4) is 0 Å². The van der Waals surface area contributed by atoms with Crippen LogP contribution in [0.25, 0.3) is 0 Å². The second kappa shape index (κ2) is 6.53. The Hall–Kier alpha value is -2.16. The third kappa shape index (κ3) is 3.48. The van der Waals surface area contributed by atoms with Gasteiger partial charge in [-0.25, -0.2) is 0 Å². The van der Waals surface area contributed by atoms with E-state index >= 15 is 0 Å². The van der Waals surface area contributed by atoms with Crippen molar-refractivity contribution >= 4 is 5.91 Å². The third-order valence-electron chi connectivity index (χ3n) is 3.05. The Morgan fingerprint density at radius 2 is 2.00 bits per heavy atom. The summed E-state index contributed by atoms with van der Waals surface area (Å²) in [6, 6.07) is 4.88. The topological polar surface area (TPSA) is 121 Å². The van der Waals surface area contributed by atoms with Crippen molar-refractivity contribution in [3.05, 3.63) is 42.1 Å². The molecule has 4 N–H and O–H groups in total. The summed E-state index contributed by atoms with van der Waals surface area (Å²) in [6.07, 6.45) is 3.39. The summed E-state index contributed by atoms with van der Waals surface area (Å²) >= 11 is 0. The van der Waals surface area contributed by atoms with Gasteiger partial charge in [0.25, 0.3) is 5.91 Å². The average molecular weight is 295 g/mol. The number of hydrogen-bond acceptors (Lipinski definition) is 6. The molecule has 0 spiro atoms. The van der Waals surface area contributed by atoms with E-state index in [2.05, 4.69) is 10.4 Å². The molecule has 0 fully saturated rings. The number of furan rings is 1. The Kier molecular flexibility index (Phi) is 4.73. The van der Waals surface area contributed by atoms with Crippen LogP contribution in [0.2, 0.25) is 0 Å². The van der Waals surface area contributed by atoms with Gasteiger partial charge in [-0.15, -0.1) is 0 Å². The molecule has 0 unspecified atom stereocenters. The first kappa shape index (κ1) is 15.2. The lowest BCUT2D eigenvalue weighted by Gasteiger charge is -2.28. The molecule has 1 amide bonds. The van der Waals surface area contributed by atoms with E-state index in [4.69, 9.17) is 4.42 Å². The highest BCUT2D eigenvalue weighted by Gasteiger charge is 2.31. The van der Waals surface area contributed by atoms with Crippen LogP contribution in [0, 0.1) is 0 Å². The van der Waals surface area contributed by atoms with Crippen LogP contribution in [0.4, 0.5) is 0 Å². The van der Waals surface area contributed by atoms with Gasteiger partial charge in [0.2, 0.25) is 0 Å². The maximum Gasteiger partial charge on any atom is 0.287 e. The molecule has 2 heterocycles. The predicted molar refractivity (Wildman–Crippen MR) is 71.5 cm³/mol. The molecule has 0 aliphatic rings. The minimum atomic E-state index is -1.48. The van der Waals surface area contributed by atoms with Crippen LogP contribution in [-0.4, -0.2) is 56.4 Å². The Balaban J connectivity index is 2.05. The smallest absolute Gasteiger partial charge is 0.287 e. The highest BCUT2D eigenvalue weighted by Crippen LogP contribution is 2.11. The molecule has 0 aliphatic heterocycles. The van der Waals surface area contributed by atoms with Gasteiger partial charge in [-0.1, -0.05) is 0 Å². The first-order chi connectivity index (χ1) is 10.1. The molecule has 0 atom stereocenters. The van der Waals surface area contributed by atoms with Crippen molar-refractivity contribution in [1.29, 1.82) is 0 Å². The van der Waals surface area contributed by atoms with Crippen LogP contribution in [-0.2, 0) is 6.54 Å². The largest absolute Gasteiger partial charge is 0.454 e. The lowest BCUT2D eigenvalue weighted by Crippen LogP contribution is -2.56. The zero-order chi connectivity index (χ0) is 15.3. The Bertz CT molecular complexity index is 566. The summed E-state index contributed by atoms with van der Waals surface area (Å²) in [6.45, 7) is -1.39. The van der Waals surface area contributed by atoms with Gasteiger partial charge in [0.1, 0.15) is 11.3 Å². The van der Waals surface area contributed by atoms with Gasteiger partial charge in [-0.3, -0.25) is 9.48 Å². The molecule has 21 heavy (non-hydrogen) atoms. The SMILES string of the molecule is O=C(NC(CO)(CO)CO)c1ccc(Cn2cccn2)o1. The summed E-state index contributed by atoms with van der Waals surface area (Å²) < 4.78 is 7.02. The number of hydrogen-bond donors (Lipinski definition) is 4. The number of nitrogens with one attached hydrogen (secondary N) is 1. The minimum Gasteiger partial charge on any atom is -0.454 e. The van der Waals surface area contributed by atoms with Gasteiger partial charge in [0.15, 0.2) is 5.76 Å². The van der Waals surface area contributed by atoms with Crippen LogP contribution in [0.15, 0.2) is 35.0 Å². The molecule has 0 aromatic carbocycles. The molecular weight excluding hydrogens is 278 g/mol. The number of rotatable bonds is 7. The standard InChI is InChI=1S/C13H17N3O5/c17-7-13(8-18,9-19)15-12(20)11-3-2-10(21-11)6-16-5-1-4-14-16/h1-5,17-19H,6-9H2,(H,15,20). The molecule has 2 rings (SSSR count). The van der Waals surface area contributed by atoms with E-state index in [-0.39, 0.29) is 5.76 Å². The molecule has 8 nitrogen and oxygen atoms in total. The summed E-state index contributed by atoms with van der Waals surface area (Å²) in [5.74, 6) is -0.0674. The van der Waals surface area contributed by atoms with Gasteiger partial charge in [-0.2, -0.15) is 5.10 Å². The molecule has 2 aromatic heterocycles. The van der Waals surface area contributed by atoms with Gasteiger partial charge in [-0.05, 0) is 18.2 Å². The number of aliphatic hydroxyl groups excluding tert-OH is 3. The molecule has 2 aromatic rings. The molecule has 0 radical (unpaired) electrons. The monoisotopic (exact) mass is 295 g/mol. The van der Waals surface area contributed by atoms with E-state index in [0.29, 0.717) is 12.3 Å². The molecule has 0 bridgehead atoms. The van der Waals surface area contributed by atoms with Crippen LogP contribution in [0.5, 0.6) is 0 Å². The second-order valence-corrected chi connectivity index (χ2v) is 4.68. The van der Waals surface area contributed by atoms with Crippen molar-refractivity contribution < 1.29 is 24.5 Å². The summed E-state index contributed by atoms with van der Waals surface area (Å²) in [7, 11) is 0. The quantitative estimate of drug-likeness (QED) is 0.518. The first-order valence-electron chi connectivity index (χ1n) is 6.34. The number of carbonyl (C=O) groups excluding carboxylic acids is 1. The Labute approximate surface area is 120 Å². The number of aliphatic hydroxyl groups is 3. The predicted octanol–water partition coefficient (Wildman–Crippen LogP) is -1.03. The van der Waals surface area contributed by atoms with Crippen molar-refractivity contribution in [3.63, 3.8) is 0 Å². The average Bonchev–Trinajstić information content (AvgIpc) is 3.17. The summed E-state index contributed by atoms with van der Waals surface area (Å²) in [4.78, 5) is 12.0. The van der Waals surface area contributed by atoms with Crippen molar-refractivity contribution in [1.82, 2.24) is 15.1 Å². The summed E-state index contributed by atoms with van der Waals surface area (Å²) in [5, 5.41) is 33.9. The maximum absolute atomic E-state index is 12.0. The van der Waals surface area contributed by atoms with Crippen LogP contribution < -0.4 is 5.32 Å². The highest BCUT2D eigenvalue weighted by atomic mass is 16.4. The van der Waals surface area contributed by atoms with Gasteiger partial charge in [0.05, 0.1) is 26.4 Å². The fourth-order valence-corrected chi connectivity index (χ4v) is 1.71. The molecule has 0 aliphatic carbocycles. The van der Waals surface area contributed by atoms with Crippen LogP contribution in [0.1, 0.15) is 16.3 Å². The van der Waals surface area contributed by atoms with E-state index in [0.717, 1.165) is 0 Å². The van der Waals surface area contributed by atoms with Crippen molar-refractivity contribution in [2.45, 2.75) is 12.1 Å². The number of amides is 1. The van der Waals surface area contributed by atoms with Gasteiger partial charge in [0, 0.05) is 12.4 Å². The van der Waals surface area contributed by atoms with Gasteiger partial charge >= 0.3 is 0 Å². The fraction of sp³-hybridized carbons (Fsp3) is 0.385. The minimum absolute atomic E-state index is 0.0249. The molecule has 0 saturated heterocycles. The molecular formula is C13H17N3O5. The number of carbonyl (C=O) groups is 1. The van der Waals surface area contributed by atoms with Gasteiger partial charge < -0.3 is 25.1 Å². The lowest BCUT2D eigenvalue weighted by molar-refractivity contribution is 0.0363. The van der Waals surface area contributed by atoms with Crippen molar-refractivity contribution in [2.24, 2.45) is 0 Å². The summed E-state index contributed by atoms with van der Waals surface area (Å²) in [5.41, 5.74) is -1.48. The van der Waals surface area contributed by atoms with E-state index < -0.39 is 31.3 Å². The van der Waals surface area contributed by atoms with Crippen LogP contribution >= 0.6 is 0 Å². The highest BCUT2D eigenvalue weighted by molar-refractivity contribution is 5.92. The van der Waals surface area contributed by atoms with E-state index in [9.17, 15) is 20.1 Å². The zero-order valence-electron chi connectivity index (χ0n) is 11.3. The fourth-order valence-electron chi connectivity index (χ4n) is 1.71. The third-order valence-corrected chi connectivity index (χ3v) is 3.05. The molecule has 8 heteroatoms. The number of aromatic nitrogens is 2. The Morgan fingerprint density at radius 3 is 2.57 bits per heavy atom. The van der Waals surface area contributed by atoms with E-state index in [1.54, 1.807) is 29.2 Å². The van der Waals surface area contributed by atoms with Crippen molar-refractivity contribution in [3.8, 4) is 0 Å². The lowest BCUT2D eigenvalue weighted by atomic mass is 10.0. The second-order valence-electron chi connectivity index (χ2n) is 4.68. The normalized spacial score (nSPS) is 11.6. The Morgan fingerprint density at radius 1 is 1.29 bits per heavy atom.